The van der Waals surface area contributed by atoms with E-state index in [4.69, 9.17) is 37.1 Å². The molecule has 0 spiro atoms. The minimum Gasteiger partial charge on any atom is -0.478 e. The van der Waals surface area contributed by atoms with E-state index in [-0.39, 0.29) is 16.9 Å². The number of furan rings is 2. The smallest absolute Gasteiger partial charge is 0.335 e. The van der Waals surface area contributed by atoms with Crippen LogP contribution < -0.4 is 14.9 Å². The monoisotopic (exact) mass is 618 g/mol. The second-order valence-corrected chi connectivity index (χ2v) is 11.4. The second kappa shape index (κ2) is 10.8. The van der Waals surface area contributed by atoms with E-state index in [0.717, 1.165) is 0 Å². The lowest BCUT2D eigenvalue weighted by Gasteiger charge is -2.22. The molecule has 42 heavy (non-hydrogen) atoms. The van der Waals surface area contributed by atoms with Crippen LogP contribution in [0.3, 0.4) is 0 Å². The van der Waals surface area contributed by atoms with Crippen LogP contribution >= 0.6 is 34.5 Å². The van der Waals surface area contributed by atoms with Crippen molar-refractivity contribution in [3.63, 3.8) is 0 Å². The molecular formula is C31H20Cl2N2O6S. The summed E-state index contributed by atoms with van der Waals surface area (Å²) in [6.07, 6.45) is 1.62. The number of carboxylic acid groups (broad SMARTS) is 1. The van der Waals surface area contributed by atoms with Crippen LogP contribution in [0.5, 0.6) is 0 Å². The van der Waals surface area contributed by atoms with Gasteiger partial charge in [0.15, 0.2) is 10.6 Å². The van der Waals surface area contributed by atoms with Gasteiger partial charge in [-0.15, -0.1) is 0 Å². The van der Waals surface area contributed by atoms with Crippen LogP contribution in [0.1, 0.15) is 41.8 Å². The number of rotatable bonds is 6. The second-order valence-electron chi connectivity index (χ2n) is 9.55. The van der Waals surface area contributed by atoms with Crippen molar-refractivity contribution in [1.29, 1.82) is 0 Å². The summed E-state index contributed by atoms with van der Waals surface area (Å²) in [7, 11) is 0. The minimum absolute atomic E-state index is 0.169. The maximum atomic E-state index is 13.8. The highest BCUT2D eigenvalue weighted by Crippen LogP contribution is 2.35. The number of hydrogen-bond donors (Lipinski definition) is 1. The molecule has 1 aliphatic heterocycles. The van der Waals surface area contributed by atoms with Gasteiger partial charge in [0.25, 0.3) is 5.56 Å². The Balaban J connectivity index is 1.42. The summed E-state index contributed by atoms with van der Waals surface area (Å²) < 4.78 is 14.0. The number of fused-ring (bicyclic) bond motifs is 1. The van der Waals surface area contributed by atoms with Crippen LogP contribution in [-0.4, -0.2) is 21.4 Å². The first-order valence-electron chi connectivity index (χ1n) is 12.6. The number of hydrogen-bond acceptors (Lipinski definition) is 7. The Bertz CT molecular complexity index is 2110. The molecule has 1 atom stereocenters. The van der Waals surface area contributed by atoms with E-state index < -0.39 is 12.0 Å². The fourth-order valence-corrected chi connectivity index (χ4v) is 6.16. The van der Waals surface area contributed by atoms with Gasteiger partial charge in [0.05, 0.1) is 20.1 Å². The molecule has 8 nitrogen and oxygen atoms in total. The topological polar surface area (TPSA) is 115 Å². The van der Waals surface area contributed by atoms with Crippen LogP contribution in [-0.2, 0) is 4.79 Å². The molecule has 0 radical (unpaired) electrons. The Morgan fingerprint density at radius 3 is 2.33 bits per heavy atom. The number of benzene rings is 2. The van der Waals surface area contributed by atoms with Crippen molar-refractivity contribution in [2.45, 2.75) is 19.9 Å². The number of ketones is 1. The normalized spacial score (nSPS) is 15.0. The van der Waals surface area contributed by atoms with E-state index in [9.17, 15) is 14.4 Å². The Hall–Kier alpha value is -4.44. The number of nitrogens with zero attached hydrogens (tertiary/aromatic N) is 2. The lowest BCUT2D eigenvalue weighted by molar-refractivity contribution is -0.114. The van der Waals surface area contributed by atoms with Crippen molar-refractivity contribution >= 4 is 52.4 Å². The van der Waals surface area contributed by atoms with Crippen LogP contribution in [0.2, 0.25) is 10.0 Å². The van der Waals surface area contributed by atoms with E-state index in [1.807, 2.05) is 0 Å². The highest BCUT2D eigenvalue weighted by molar-refractivity contribution is 7.07. The van der Waals surface area contributed by atoms with Gasteiger partial charge in [-0.2, -0.15) is 0 Å². The number of carboxylic acids is 1. The molecule has 0 bridgehead atoms. The van der Waals surface area contributed by atoms with Gasteiger partial charge in [0.2, 0.25) is 0 Å². The predicted octanol–water partition coefficient (Wildman–Crippen LogP) is 6.35. The standard InChI is InChI=1S/C31H20Cl2N2O6S/c1-15-27(16(2)36)28(25-12-11-24(41-25)19-7-9-21(32)22(33)13-19)35-29(37)26(42-31(35)34-15)14-20-8-10-23(40-20)17-3-5-18(6-4-17)30(38)39/h3-14,28H,1-2H3,(H,38,39)/b26-14+/t28-/m0/s1. The summed E-state index contributed by atoms with van der Waals surface area (Å²) in [5, 5.41) is 9.92. The van der Waals surface area contributed by atoms with Gasteiger partial charge in [0, 0.05) is 28.5 Å². The first kappa shape index (κ1) is 27.7. The molecule has 6 rings (SSSR count). The number of aromatic nitrogens is 1. The molecule has 3 aromatic heterocycles. The van der Waals surface area contributed by atoms with Crippen molar-refractivity contribution in [3.8, 4) is 22.6 Å². The summed E-state index contributed by atoms with van der Waals surface area (Å²) in [5.41, 5.74) is 2.05. The van der Waals surface area contributed by atoms with Crippen molar-refractivity contribution in [3.05, 3.63) is 125 Å². The van der Waals surface area contributed by atoms with Crippen LogP contribution in [0, 0.1) is 0 Å². The largest absolute Gasteiger partial charge is 0.478 e. The van der Waals surface area contributed by atoms with Gasteiger partial charge >= 0.3 is 5.97 Å². The Morgan fingerprint density at radius 1 is 0.952 bits per heavy atom. The summed E-state index contributed by atoms with van der Waals surface area (Å²) in [4.78, 5) is 42.7. The van der Waals surface area contributed by atoms with Crippen molar-refractivity contribution < 1.29 is 23.5 Å². The number of carbonyl (C=O) groups excluding carboxylic acids is 1. The number of carbonyl (C=O) groups is 2. The van der Waals surface area contributed by atoms with E-state index in [2.05, 4.69) is 4.99 Å². The Kier molecular flexibility index (Phi) is 7.10. The van der Waals surface area contributed by atoms with Gasteiger partial charge in [-0.05, 0) is 68.4 Å². The summed E-state index contributed by atoms with van der Waals surface area (Å²) in [6, 6.07) is 17.5. The fraction of sp³-hybridized carbons (Fsp3) is 0.0968. The van der Waals surface area contributed by atoms with Gasteiger partial charge in [-0.25, -0.2) is 9.79 Å². The first-order chi connectivity index (χ1) is 20.1. The molecule has 11 heteroatoms. The maximum Gasteiger partial charge on any atom is 0.335 e. The Labute approximate surface area is 252 Å². The molecule has 5 aromatic rings. The number of aromatic carboxylic acids is 1. The SMILES string of the molecule is CC(=O)C1=C(C)N=c2s/c(=C/c3ccc(-c4ccc(C(=O)O)cc4)o3)c(=O)n2[C@H]1c1ccc(-c2ccc(Cl)c(Cl)c2)o1. The molecular weight excluding hydrogens is 599 g/mol. The molecule has 0 saturated heterocycles. The first-order valence-corrected chi connectivity index (χ1v) is 14.2. The third-order valence-electron chi connectivity index (χ3n) is 6.82. The third kappa shape index (κ3) is 4.96. The zero-order valence-corrected chi connectivity index (χ0v) is 24.4. The molecule has 2 aromatic carbocycles. The van der Waals surface area contributed by atoms with Gasteiger partial charge in [-0.3, -0.25) is 14.2 Å². The molecule has 210 valence electrons. The quantitative estimate of drug-likeness (QED) is 0.237. The van der Waals surface area contributed by atoms with E-state index in [1.54, 1.807) is 67.6 Å². The molecule has 0 amide bonds. The maximum absolute atomic E-state index is 13.8. The van der Waals surface area contributed by atoms with Gasteiger partial charge < -0.3 is 13.9 Å². The highest BCUT2D eigenvalue weighted by Gasteiger charge is 2.33. The highest BCUT2D eigenvalue weighted by atomic mass is 35.5. The number of allylic oxidation sites excluding steroid dienone is 2. The van der Waals surface area contributed by atoms with E-state index in [1.165, 1.54) is 35.0 Å². The fourth-order valence-electron chi connectivity index (χ4n) is 4.84. The number of Topliss-reactive ketones (excluding diaryl/α,β-unsaturated/α-hetero) is 1. The zero-order valence-electron chi connectivity index (χ0n) is 22.1. The van der Waals surface area contributed by atoms with Crippen LogP contribution in [0.25, 0.3) is 28.7 Å². The number of thiazole rings is 1. The Morgan fingerprint density at radius 2 is 1.64 bits per heavy atom. The van der Waals surface area contributed by atoms with Crippen molar-refractivity contribution in [2.24, 2.45) is 4.99 Å². The van der Waals surface area contributed by atoms with Crippen LogP contribution in [0.4, 0.5) is 0 Å². The van der Waals surface area contributed by atoms with Crippen molar-refractivity contribution in [1.82, 2.24) is 4.57 Å². The van der Waals surface area contributed by atoms with Crippen molar-refractivity contribution in [2.75, 3.05) is 0 Å². The number of halogens is 2. The average Bonchev–Trinajstić information content (AvgIpc) is 3.70. The molecule has 4 heterocycles. The molecule has 0 saturated carbocycles. The van der Waals surface area contributed by atoms with Crippen LogP contribution in [0.15, 0.2) is 96.6 Å². The van der Waals surface area contributed by atoms with E-state index >= 15 is 0 Å². The minimum atomic E-state index is -1.02. The summed E-state index contributed by atoms with van der Waals surface area (Å²) in [5.74, 6) is 0.600. The lowest BCUT2D eigenvalue weighted by Crippen LogP contribution is -2.39. The predicted molar refractivity (Wildman–Crippen MR) is 160 cm³/mol. The van der Waals surface area contributed by atoms with Gasteiger partial charge in [-0.1, -0.05) is 46.7 Å². The molecule has 1 N–H and O–H groups in total. The average molecular weight is 619 g/mol. The molecule has 0 unspecified atom stereocenters. The summed E-state index contributed by atoms with van der Waals surface area (Å²) in [6.45, 7) is 3.17. The molecule has 0 aliphatic carbocycles. The lowest BCUT2D eigenvalue weighted by atomic mass is 9.98. The van der Waals surface area contributed by atoms with E-state index in [0.29, 0.717) is 64.8 Å². The third-order valence-corrected chi connectivity index (χ3v) is 8.54. The molecule has 1 aliphatic rings. The zero-order chi connectivity index (χ0) is 29.7. The summed E-state index contributed by atoms with van der Waals surface area (Å²) >= 11 is 13.4. The molecule has 0 fully saturated rings. The van der Waals surface area contributed by atoms with Gasteiger partial charge in [0.1, 0.15) is 29.1 Å².